The van der Waals surface area contributed by atoms with Gasteiger partial charge in [-0.15, -0.1) is 34.6 Å². The molecular formula is C19H17N9O6S3. The Morgan fingerprint density at radius 3 is 2.97 bits per heavy atom. The van der Waals surface area contributed by atoms with Gasteiger partial charge in [0.15, 0.2) is 17.5 Å². The number of amides is 3. The van der Waals surface area contributed by atoms with E-state index in [1.165, 1.54) is 33.6 Å². The first-order valence-electron chi connectivity index (χ1n) is 10.2. The smallest absolute Gasteiger partial charge is 0.352 e. The Morgan fingerprint density at radius 1 is 1.49 bits per heavy atom. The van der Waals surface area contributed by atoms with Crippen LogP contribution in [0.15, 0.2) is 27.0 Å². The van der Waals surface area contributed by atoms with E-state index in [0.29, 0.717) is 22.9 Å². The number of aryl methyl sites for hydroxylation is 1. The molecule has 192 valence electrons. The first-order chi connectivity index (χ1) is 17.8. The SMILES string of the molecule is C#CCON=C(C(=O)NC1C(=O)N2C(C(=O)O)=C(CSc3nnnn3C)CS[C@H]12)c1csc(NC=O)n1. The number of fused-ring (bicyclic) bond motifs is 1. The molecule has 18 heteroatoms. The molecule has 2 aromatic rings. The molecule has 2 aromatic heterocycles. The first kappa shape index (κ1) is 26.1. The maximum absolute atomic E-state index is 13.0. The van der Waals surface area contributed by atoms with Crippen LogP contribution < -0.4 is 10.6 Å². The normalized spacial score (nSPS) is 19.0. The molecule has 1 fully saturated rings. The lowest BCUT2D eigenvalue weighted by molar-refractivity contribution is -0.150. The van der Waals surface area contributed by atoms with Gasteiger partial charge in [0, 0.05) is 23.9 Å². The van der Waals surface area contributed by atoms with Crippen LogP contribution in [-0.4, -0.2) is 94.6 Å². The van der Waals surface area contributed by atoms with Crippen LogP contribution in [0.4, 0.5) is 5.13 Å². The van der Waals surface area contributed by atoms with Gasteiger partial charge >= 0.3 is 5.97 Å². The van der Waals surface area contributed by atoms with Crippen LogP contribution in [0.25, 0.3) is 0 Å². The van der Waals surface area contributed by atoms with E-state index in [0.717, 1.165) is 16.2 Å². The Bertz CT molecular complexity index is 1350. The molecule has 1 unspecified atom stereocenters. The minimum Gasteiger partial charge on any atom is -0.477 e. The van der Waals surface area contributed by atoms with E-state index in [4.69, 9.17) is 11.3 Å². The summed E-state index contributed by atoms with van der Waals surface area (Å²) < 4.78 is 1.46. The Kier molecular flexibility index (Phi) is 8.05. The lowest BCUT2D eigenvalue weighted by Gasteiger charge is -2.49. The summed E-state index contributed by atoms with van der Waals surface area (Å²) in [7, 11) is 1.66. The second-order valence-electron chi connectivity index (χ2n) is 7.21. The highest BCUT2D eigenvalue weighted by molar-refractivity contribution is 8.01. The average molecular weight is 564 g/mol. The molecular weight excluding hydrogens is 546 g/mol. The molecule has 0 radical (unpaired) electrons. The number of hydrogen-bond acceptors (Lipinski definition) is 13. The zero-order valence-corrected chi connectivity index (χ0v) is 21.3. The molecule has 3 N–H and O–H groups in total. The van der Waals surface area contributed by atoms with Crippen LogP contribution in [0.2, 0.25) is 0 Å². The van der Waals surface area contributed by atoms with Crippen molar-refractivity contribution >= 4 is 69.9 Å². The number of nitrogens with zero attached hydrogens (tertiary/aromatic N) is 7. The van der Waals surface area contributed by atoms with Crippen molar-refractivity contribution in [3.63, 3.8) is 0 Å². The molecule has 1 saturated heterocycles. The third kappa shape index (κ3) is 5.42. The number of anilines is 1. The summed E-state index contributed by atoms with van der Waals surface area (Å²) in [6, 6.07) is -1.01. The number of carbonyl (C=O) groups excluding carboxylic acids is 3. The molecule has 2 aliphatic rings. The fourth-order valence-electron chi connectivity index (χ4n) is 3.34. The second-order valence-corrected chi connectivity index (χ2v) is 10.1. The molecule has 0 aliphatic carbocycles. The fourth-order valence-corrected chi connectivity index (χ4v) is 6.33. The number of carboxylic acid groups (broad SMARTS) is 1. The quantitative estimate of drug-likeness (QED) is 0.0582. The molecule has 0 aromatic carbocycles. The third-order valence-electron chi connectivity index (χ3n) is 4.94. The number of thioether (sulfide) groups is 2. The summed E-state index contributed by atoms with van der Waals surface area (Å²) in [5, 5.41) is 31.2. The van der Waals surface area contributed by atoms with Gasteiger partial charge in [-0.1, -0.05) is 22.8 Å². The summed E-state index contributed by atoms with van der Waals surface area (Å²) in [5.41, 5.74) is 0.230. The molecule has 15 nitrogen and oxygen atoms in total. The van der Waals surface area contributed by atoms with Crippen LogP contribution in [0.1, 0.15) is 5.69 Å². The largest absolute Gasteiger partial charge is 0.477 e. The Morgan fingerprint density at radius 2 is 2.30 bits per heavy atom. The summed E-state index contributed by atoms with van der Waals surface area (Å²) in [6.45, 7) is -0.215. The lowest BCUT2D eigenvalue weighted by atomic mass is 10.0. The summed E-state index contributed by atoms with van der Waals surface area (Å²) in [5.74, 6) is 0.175. The standard InChI is InChI=1S/C19H17N9O6S3/c1-3-4-34-24-11(10-7-36-18(21-10)20-8-29)14(30)22-12-15(31)28-13(17(32)33)9(5-35-16(12)28)6-37-19-23-25-26-27(19)2/h1,7-8,12,16H,4-6H2,2H3,(H,22,30)(H,32,33)(H,20,21,29)/t12?,16-/m1/s1. The van der Waals surface area contributed by atoms with Crippen molar-refractivity contribution in [2.75, 3.05) is 23.4 Å². The van der Waals surface area contributed by atoms with Gasteiger partial charge in [-0.05, 0) is 16.0 Å². The number of rotatable bonds is 11. The number of hydrogen-bond donors (Lipinski definition) is 3. The topological polar surface area (TPSA) is 194 Å². The number of carboxylic acids is 1. The highest BCUT2D eigenvalue weighted by Gasteiger charge is 2.54. The van der Waals surface area contributed by atoms with Gasteiger partial charge in [0.1, 0.15) is 22.8 Å². The van der Waals surface area contributed by atoms with Gasteiger partial charge in [0.2, 0.25) is 11.6 Å². The van der Waals surface area contributed by atoms with Crippen molar-refractivity contribution in [2.45, 2.75) is 16.6 Å². The number of aromatic nitrogens is 5. The van der Waals surface area contributed by atoms with Gasteiger partial charge in [0.05, 0.1) is 0 Å². The Labute approximate surface area is 221 Å². The number of carbonyl (C=O) groups is 4. The van der Waals surface area contributed by atoms with E-state index >= 15 is 0 Å². The average Bonchev–Trinajstić information content (AvgIpc) is 3.51. The van der Waals surface area contributed by atoms with Crippen molar-refractivity contribution in [3.05, 3.63) is 22.3 Å². The van der Waals surface area contributed by atoms with Crippen LogP contribution in [-0.2, 0) is 31.1 Å². The van der Waals surface area contributed by atoms with Crippen molar-refractivity contribution < 1.29 is 29.1 Å². The van der Waals surface area contributed by atoms with Gasteiger partial charge in [-0.3, -0.25) is 19.3 Å². The van der Waals surface area contributed by atoms with E-state index in [1.807, 2.05) is 0 Å². The predicted molar refractivity (Wildman–Crippen MR) is 132 cm³/mol. The Hall–Kier alpha value is -3.95. The van der Waals surface area contributed by atoms with Gasteiger partial charge < -0.3 is 20.6 Å². The predicted octanol–water partition coefficient (Wildman–Crippen LogP) is -0.880. The number of β-lactam (4-membered cyclic amide) rings is 1. The maximum atomic E-state index is 13.0. The minimum absolute atomic E-state index is 0.0903. The number of aliphatic carboxylic acids is 1. The van der Waals surface area contributed by atoms with E-state index < -0.39 is 29.2 Å². The monoisotopic (exact) mass is 563 g/mol. The minimum atomic E-state index is -1.25. The molecule has 0 spiro atoms. The van der Waals surface area contributed by atoms with Crippen molar-refractivity contribution in [2.24, 2.45) is 12.2 Å². The molecule has 4 rings (SSSR count). The van der Waals surface area contributed by atoms with E-state index in [9.17, 15) is 24.3 Å². The number of tetrazole rings is 1. The Balaban J connectivity index is 1.50. The van der Waals surface area contributed by atoms with Gasteiger partial charge in [-0.2, -0.15) is 0 Å². The van der Waals surface area contributed by atoms with Crippen LogP contribution in [0, 0.1) is 12.3 Å². The third-order valence-corrected chi connectivity index (χ3v) is 8.15. The van der Waals surface area contributed by atoms with Crippen molar-refractivity contribution in [3.8, 4) is 12.3 Å². The number of oxime groups is 1. The van der Waals surface area contributed by atoms with Gasteiger partial charge in [-0.25, -0.2) is 14.5 Å². The zero-order chi connectivity index (χ0) is 26.5. The lowest BCUT2D eigenvalue weighted by Crippen LogP contribution is -2.71. The zero-order valence-electron chi connectivity index (χ0n) is 18.9. The fraction of sp³-hybridized carbons (Fsp3) is 0.316. The number of terminal acetylenes is 1. The van der Waals surface area contributed by atoms with Gasteiger partial charge in [0.25, 0.3) is 11.8 Å². The summed E-state index contributed by atoms with van der Waals surface area (Å²) >= 11 is 3.61. The number of thiazole rings is 1. The molecule has 4 heterocycles. The summed E-state index contributed by atoms with van der Waals surface area (Å²) in [6.07, 6.45) is 5.59. The van der Waals surface area contributed by atoms with Crippen LogP contribution in [0.3, 0.4) is 0 Å². The molecule has 3 amide bonds. The first-order valence-corrected chi connectivity index (χ1v) is 13.1. The second kappa shape index (κ2) is 11.4. The van der Waals surface area contributed by atoms with Crippen LogP contribution in [0.5, 0.6) is 0 Å². The highest BCUT2D eigenvalue weighted by Crippen LogP contribution is 2.41. The molecule has 0 saturated carbocycles. The van der Waals surface area contributed by atoms with E-state index in [1.54, 1.807) is 7.05 Å². The van der Waals surface area contributed by atoms with E-state index in [-0.39, 0.29) is 34.6 Å². The molecule has 2 atom stereocenters. The van der Waals surface area contributed by atoms with Crippen LogP contribution >= 0.6 is 34.9 Å². The number of nitrogens with one attached hydrogen (secondary N) is 2. The summed E-state index contributed by atoms with van der Waals surface area (Å²) in [4.78, 5) is 59.0. The highest BCUT2D eigenvalue weighted by atomic mass is 32.2. The molecule has 2 aliphatic heterocycles. The molecule has 0 bridgehead atoms. The maximum Gasteiger partial charge on any atom is 0.352 e. The van der Waals surface area contributed by atoms with Crippen molar-refractivity contribution in [1.82, 2.24) is 35.4 Å². The van der Waals surface area contributed by atoms with E-state index in [2.05, 4.69) is 42.2 Å². The van der Waals surface area contributed by atoms with Crippen molar-refractivity contribution in [1.29, 1.82) is 0 Å². The molecule has 37 heavy (non-hydrogen) atoms.